The summed E-state index contributed by atoms with van der Waals surface area (Å²) >= 11 is 0. The zero-order chi connectivity index (χ0) is 15.3. The molecule has 1 atom stereocenters. The van der Waals surface area contributed by atoms with Crippen molar-refractivity contribution >= 4 is 6.03 Å². The third-order valence-electron chi connectivity index (χ3n) is 5.87. The number of likely N-dealkylation sites (tertiary alicyclic amines) is 1. The SMILES string of the molecule is CC1(C)C(NC(=O)N2CCCC2c2cccnc2)C1(C)C. The van der Waals surface area contributed by atoms with Gasteiger partial charge in [-0.2, -0.15) is 0 Å². The van der Waals surface area contributed by atoms with E-state index in [4.69, 9.17) is 0 Å². The minimum Gasteiger partial charge on any atom is -0.334 e. The highest BCUT2D eigenvalue weighted by atomic mass is 16.2. The molecular weight excluding hydrogens is 262 g/mol. The van der Waals surface area contributed by atoms with Crippen LogP contribution in [-0.4, -0.2) is 28.5 Å². The van der Waals surface area contributed by atoms with Crippen LogP contribution >= 0.6 is 0 Å². The molecule has 2 fully saturated rings. The van der Waals surface area contributed by atoms with Crippen LogP contribution < -0.4 is 5.32 Å². The Kier molecular flexibility index (Phi) is 3.23. The molecule has 0 bridgehead atoms. The summed E-state index contributed by atoms with van der Waals surface area (Å²) in [6.45, 7) is 9.72. The molecule has 0 spiro atoms. The number of carbonyl (C=O) groups is 1. The molecule has 2 amide bonds. The molecular formula is C17H25N3O. The molecule has 4 nitrogen and oxygen atoms in total. The van der Waals surface area contributed by atoms with Crippen molar-refractivity contribution in [1.29, 1.82) is 0 Å². The van der Waals surface area contributed by atoms with E-state index in [0.29, 0.717) is 0 Å². The summed E-state index contributed by atoms with van der Waals surface area (Å²) in [4.78, 5) is 18.8. The zero-order valence-electron chi connectivity index (χ0n) is 13.4. The molecule has 114 valence electrons. The lowest BCUT2D eigenvalue weighted by molar-refractivity contribution is 0.190. The molecule has 1 aliphatic carbocycles. The Morgan fingerprint density at radius 1 is 1.33 bits per heavy atom. The molecule has 3 rings (SSSR count). The number of amides is 2. The normalized spacial score (nSPS) is 26.7. The molecule has 1 N–H and O–H groups in total. The van der Waals surface area contributed by atoms with E-state index in [1.165, 1.54) is 0 Å². The highest BCUT2D eigenvalue weighted by Crippen LogP contribution is 2.62. The van der Waals surface area contributed by atoms with Crippen molar-refractivity contribution in [3.63, 3.8) is 0 Å². The van der Waals surface area contributed by atoms with Gasteiger partial charge in [-0.3, -0.25) is 4.98 Å². The maximum Gasteiger partial charge on any atom is 0.318 e. The Morgan fingerprint density at radius 3 is 2.62 bits per heavy atom. The second-order valence-corrected chi connectivity index (χ2v) is 7.46. The first-order valence-corrected chi connectivity index (χ1v) is 7.83. The van der Waals surface area contributed by atoms with Crippen LogP contribution in [-0.2, 0) is 0 Å². The van der Waals surface area contributed by atoms with Gasteiger partial charge in [-0.1, -0.05) is 33.8 Å². The number of nitrogens with zero attached hydrogens (tertiary/aromatic N) is 2. The molecule has 1 saturated heterocycles. The van der Waals surface area contributed by atoms with E-state index >= 15 is 0 Å². The molecule has 1 aromatic heterocycles. The van der Waals surface area contributed by atoms with Gasteiger partial charge in [0.15, 0.2) is 0 Å². The molecule has 1 aromatic rings. The molecule has 4 heteroatoms. The number of hydrogen-bond donors (Lipinski definition) is 1. The lowest BCUT2D eigenvalue weighted by atomic mass is 10.0. The van der Waals surface area contributed by atoms with Crippen molar-refractivity contribution in [3.8, 4) is 0 Å². The fraction of sp³-hybridized carbons (Fsp3) is 0.647. The van der Waals surface area contributed by atoms with Gasteiger partial charge in [0.2, 0.25) is 0 Å². The monoisotopic (exact) mass is 287 g/mol. The standard InChI is InChI=1S/C17H25N3O/c1-16(2)14(17(16,3)4)19-15(21)20-10-6-8-13(20)12-7-5-9-18-11-12/h5,7,9,11,13-14H,6,8,10H2,1-4H3,(H,19,21). The molecule has 21 heavy (non-hydrogen) atoms. The number of rotatable bonds is 2. The first-order chi connectivity index (χ1) is 9.85. The Hall–Kier alpha value is -1.58. The van der Waals surface area contributed by atoms with E-state index in [2.05, 4.69) is 44.1 Å². The van der Waals surface area contributed by atoms with Crippen LogP contribution in [0.4, 0.5) is 4.79 Å². The number of aromatic nitrogens is 1. The number of urea groups is 1. The molecule has 2 aliphatic rings. The van der Waals surface area contributed by atoms with Crippen molar-refractivity contribution in [2.24, 2.45) is 10.8 Å². The van der Waals surface area contributed by atoms with Gasteiger partial charge in [-0.15, -0.1) is 0 Å². The third kappa shape index (κ3) is 2.21. The van der Waals surface area contributed by atoms with Gasteiger partial charge in [0.05, 0.1) is 6.04 Å². The summed E-state index contributed by atoms with van der Waals surface area (Å²) in [5.41, 5.74) is 1.48. The van der Waals surface area contributed by atoms with Gasteiger partial charge in [0, 0.05) is 25.0 Å². The summed E-state index contributed by atoms with van der Waals surface area (Å²) < 4.78 is 0. The van der Waals surface area contributed by atoms with Crippen LogP contribution in [0.5, 0.6) is 0 Å². The summed E-state index contributed by atoms with van der Waals surface area (Å²) in [6.07, 6.45) is 5.74. The number of hydrogen-bond acceptors (Lipinski definition) is 2. The van der Waals surface area contributed by atoms with Crippen LogP contribution in [0.25, 0.3) is 0 Å². The highest BCUT2D eigenvalue weighted by Gasteiger charge is 2.65. The van der Waals surface area contributed by atoms with Gasteiger partial charge in [-0.05, 0) is 35.3 Å². The Morgan fingerprint density at radius 2 is 2.05 bits per heavy atom. The molecule has 0 radical (unpaired) electrons. The van der Waals surface area contributed by atoms with Crippen LogP contribution in [0, 0.1) is 10.8 Å². The molecule has 0 aromatic carbocycles. The van der Waals surface area contributed by atoms with E-state index < -0.39 is 0 Å². The molecule has 2 heterocycles. The predicted molar refractivity (Wildman–Crippen MR) is 82.8 cm³/mol. The van der Waals surface area contributed by atoms with E-state index in [1.807, 2.05) is 17.2 Å². The Bertz CT molecular complexity index is 524. The lowest BCUT2D eigenvalue weighted by Crippen LogP contribution is -2.42. The number of pyridine rings is 1. The summed E-state index contributed by atoms with van der Waals surface area (Å²) in [5.74, 6) is 0. The smallest absolute Gasteiger partial charge is 0.318 e. The Balaban J connectivity index is 1.70. The van der Waals surface area contributed by atoms with E-state index in [-0.39, 0.29) is 28.9 Å². The van der Waals surface area contributed by atoms with Crippen LogP contribution in [0.2, 0.25) is 0 Å². The van der Waals surface area contributed by atoms with Gasteiger partial charge in [-0.25, -0.2) is 4.79 Å². The van der Waals surface area contributed by atoms with Crippen LogP contribution in [0.3, 0.4) is 0 Å². The van der Waals surface area contributed by atoms with Gasteiger partial charge in [0.1, 0.15) is 0 Å². The first-order valence-electron chi connectivity index (χ1n) is 7.83. The maximum atomic E-state index is 12.6. The van der Waals surface area contributed by atoms with Gasteiger partial charge < -0.3 is 10.2 Å². The number of carbonyl (C=O) groups excluding carboxylic acids is 1. The van der Waals surface area contributed by atoms with Crippen molar-refractivity contribution < 1.29 is 4.79 Å². The Labute approximate surface area is 126 Å². The van der Waals surface area contributed by atoms with Crippen molar-refractivity contribution in [2.75, 3.05) is 6.54 Å². The third-order valence-corrected chi connectivity index (χ3v) is 5.87. The van der Waals surface area contributed by atoms with E-state index in [0.717, 1.165) is 24.9 Å². The average molecular weight is 287 g/mol. The molecule has 1 aliphatic heterocycles. The zero-order valence-corrected chi connectivity index (χ0v) is 13.4. The summed E-state index contributed by atoms with van der Waals surface area (Å²) in [6, 6.07) is 4.51. The van der Waals surface area contributed by atoms with E-state index in [1.54, 1.807) is 6.20 Å². The lowest BCUT2D eigenvalue weighted by Gasteiger charge is -2.25. The minimum absolute atomic E-state index is 0.0741. The quantitative estimate of drug-likeness (QED) is 0.906. The predicted octanol–water partition coefficient (Wildman–Crippen LogP) is 3.36. The second-order valence-electron chi connectivity index (χ2n) is 7.46. The minimum atomic E-state index is 0.0741. The fourth-order valence-electron chi connectivity index (χ4n) is 3.69. The molecule has 1 unspecified atom stereocenters. The van der Waals surface area contributed by atoms with Crippen molar-refractivity contribution in [2.45, 2.75) is 52.6 Å². The first kappa shape index (κ1) is 14.4. The fourth-order valence-corrected chi connectivity index (χ4v) is 3.69. The summed E-state index contributed by atoms with van der Waals surface area (Å²) in [7, 11) is 0. The van der Waals surface area contributed by atoms with Crippen molar-refractivity contribution in [3.05, 3.63) is 30.1 Å². The maximum absolute atomic E-state index is 12.6. The van der Waals surface area contributed by atoms with Crippen molar-refractivity contribution in [1.82, 2.24) is 15.2 Å². The molecule has 1 saturated carbocycles. The van der Waals surface area contributed by atoms with Crippen LogP contribution in [0.15, 0.2) is 24.5 Å². The average Bonchev–Trinajstić information content (AvgIpc) is 2.85. The largest absolute Gasteiger partial charge is 0.334 e. The topological polar surface area (TPSA) is 45.2 Å². The highest BCUT2D eigenvalue weighted by molar-refractivity contribution is 5.76. The second kappa shape index (κ2) is 4.72. The van der Waals surface area contributed by atoms with Gasteiger partial charge >= 0.3 is 6.03 Å². The summed E-state index contributed by atoms with van der Waals surface area (Å²) in [5, 5.41) is 3.24. The number of nitrogens with one attached hydrogen (secondary N) is 1. The van der Waals surface area contributed by atoms with Crippen LogP contribution in [0.1, 0.15) is 52.1 Å². The van der Waals surface area contributed by atoms with E-state index in [9.17, 15) is 4.79 Å². The van der Waals surface area contributed by atoms with Gasteiger partial charge in [0.25, 0.3) is 0 Å².